The summed E-state index contributed by atoms with van der Waals surface area (Å²) >= 11 is 10.6. The summed E-state index contributed by atoms with van der Waals surface area (Å²) in [6, 6.07) is 0. The van der Waals surface area contributed by atoms with Gasteiger partial charge in [-0.25, -0.2) is 9.59 Å². The number of cyclic esters (lactones) is 1. The Morgan fingerprint density at radius 3 is 2.75 bits per heavy atom. The lowest BCUT2D eigenvalue weighted by Crippen LogP contribution is -2.08. The first-order chi connectivity index (χ1) is 7.54. The highest BCUT2D eigenvalue weighted by Gasteiger charge is 2.22. The molecule has 0 spiro atoms. The van der Waals surface area contributed by atoms with Gasteiger partial charge in [0.05, 0.1) is 12.0 Å². The molecule has 7 heteroatoms. The number of carbonyl (C=O) groups is 2. The fourth-order valence-electron chi connectivity index (χ4n) is 0.975. The largest absolute Gasteiger partial charge is 0.462 e. The molecule has 1 heterocycles. The molecule has 16 heavy (non-hydrogen) atoms. The van der Waals surface area contributed by atoms with Crippen LogP contribution in [0, 0.1) is 0 Å². The van der Waals surface area contributed by atoms with Crippen molar-refractivity contribution in [2.24, 2.45) is 0 Å². The number of rotatable bonds is 4. The van der Waals surface area contributed by atoms with Crippen molar-refractivity contribution >= 4 is 61.4 Å². The molecular formula is C9H6Br2O4S. The van der Waals surface area contributed by atoms with Gasteiger partial charge >= 0.3 is 11.9 Å². The third kappa shape index (κ3) is 3.80. The van der Waals surface area contributed by atoms with E-state index >= 15 is 0 Å². The average molecular weight is 370 g/mol. The number of carbonyl (C=O) groups excluding carboxylic acids is 2. The Kier molecular flexibility index (Phi) is 5.30. The lowest BCUT2D eigenvalue weighted by atomic mass is 10.2. The minimum absolute atomic E-state index is 0.0973. The zero-order chi connectivity index (χ0) is 12.1. The SMILES string of the molecule is O=C(C=S)OCCC1=CC(=C(Br)Br)OC1=O. The first kappa shape index (κ1) is 13.5. The highest BCUT2D eigenvalue weighted by molar-refractivity contribution is 9.28. The first-order valence-electron chi connectivity index (χ1n) is 4.14. The molecule has 0 saturated heterocycles. The van der Waals surface area contributed by atoms with Crippen LogP contribution in [0.1, 0.15) is 6.42 Å². The van der Waals surface area contributed by atoms with E-state index in [4.69, 9.17) is 9.47 Å². The molecule has 1 aliphatic rings. The number of esters is 2. The molecular weight excluding hydrogens is 364 g/mol. The fourth-order valence-corrected chi connectivity index (χ4v) is 1.43. The Bertz CT molecular complexity index is 396. The average Bonchev–Trinajstić information content (AvgIpc) is 2.60. The van der Waals surface area contributed by atoms with Gasteiger partial charge in [0.25, 0.3) is 0 Å². The number of halogens is 2. The maximum atomic E-state index is 11.3. The van der Waals surface area contributed by atoms with E-state index in [1.165, 1.54) is 0 Å². The third-order valence-corrected chi connectivity index (χ3v) is 2.64. The van der Waals surface area contributed by atoms with E-state index in [0.717, 1.165) is 5.37 Å². The first-order valence-corrected chi connectivity index (χ1v) is 6.20. The monoisotopic (exact) mass is 368 g/mol. The maximum Gasteiger partial charge on any atom is 0.341 e. The van der Waals surface area contributed by atoms with Gasteiger partial charge in [-0.2, -0.15) is 0 Å². The van der Waals surface area contributed by atoms with Crippen molar-refractivity contribution in [3.63, 3.8) is 0 Å². The smallest absolute Gasteiger partial charge is 0.341 e. The minimum Gasteiger partial charge on any atom is -0.462 e. The van der Waals surface area contributed by atoms with E-state index in [1.54, 1.807) is 6.08 Å². The van der Waals surface area contributed by atoms with Crippen molar-refractivity contribution < 1.29 is 19.1 Å². The second-order valence-electron chi connectivity index (χ2n) is 2.72. The predicted octanol–water partition coefficient (Wildman–Crippen LogP) is 2.36. The zero-order valence-electron chi connectivity index (χ0n) is 7.87. The molecule has 0 atom stereocenters. The van der Waals surface area contributed by atoms with Gasteiger partial charge in [0, 0.05) is 12.0 Å². The summed E-state index contributed by atoms with van der Waals surface area (Å²) in [5, 5.41) is 0.905. The summed E-state index contributed by atoms with van der Waals surface area (Å²) in [5.41, 5.74) is 0.448. The van der Waals surface area contributed by atoms with Crippen LogP contribution >= 0.6 is 44.1 Å². The van der Waals surface area contributed by atoms with E-state index in [0.29, 0.717) is 21.1 Å². The molecule has 0 saturated carbocycles. The normalized spacial score (nSPS) is 14.2. The standard InChI is InChI=1S/C9H6Br2O4S/c10-8(11)6-3-5(9(13)15-6)1-2-14-7(12)4-16/h3-4H,1-2H2. The summed E-state index contributed by atoms with van der Waals surface area (Å²) < 4.78 is 10.2. The Morgan fingerprint density at radius 2 is 2.25 bits per heavy atom. The molecule has 1 aliphatic heterocycles. The lowest BCUT2D eigenvalue weighted by molar-refractivity contribution is -0.136. The molecule has 86 valence electrons. The molecule has 1 rings (SSSR count). The van der Waals surface area contributed by atoms with E-state index < -0.39 is 11.9 Å². The van der Waals surface area contributed by atoms with Gasteiger partial charge in [0.15, 0.2) is 5.76 Å². The molecule has 0 unspecified atom stereocenters. The Morgan fingerprint density at radius 1 is 1.56 bits per heavy atom. The maximum absolute atomic E-state index is 11.3. The lowest BCUT2D eigenvalue weighted by Gasteiger charge is -2.00. The van der Waals surface area contributed by atoms with Gasteiger partial charge in [-0.05, 0) is 37.9 Å². The van der Waals surface area contributed by atoms with Crippen LogP contribution in [0.2, 0.25) is 0 Å². The van der Waals surface area contributed by atoms with E-state index in [9.17, 15) is 9.59 Å². The minimum atomic E-state index is -0.584. The number of ether oxygens (including phenoxy) is 2. The Balaban J connectivity index is 2.52. The number of hydrogen-bond acceptors (Lipinski definition) is 5. The second-order valence-corrected chi connectivity index (χ2v) is 5.60. The van der Waals surface area contributed by atoms with Crippen molar-refractivity contribution in [3.8, 4) is 0 Å². The highest BCUT2D eigenvalue weighted by atomic mass is 79.9. The summed E-state index contributed by atoms with van der Waals surface area (Å²) in [5.74, 6) is -0.620. The van der Waals surface area contributed by atoms with Crippen LogP contribution in [-0.2, 0) is 19.1 Å². The molecule has 0 radical (unpaired) electrons. The van der Waals surface area contributed by atoms with Gasteiger partial charge in [-0.1, -0.05) is 12.2 Å². The molecule has 0 amide bonds. The topological polar surface area (TPSA) is 52.6 Å². The number of hydrogen-bond donors (Lipinski definition) is 0. The van der Waals surface area contributed by atoms with Crippen LogP contribution in [0.5, 0.6) is 0 Å². The van der Waals surface area contributed by atoms with Gasteiger partial charge in [-0.3, -0.25) is 0 Å². The molecule has 0 aromatic heterocycles. The van der Waals surface area contributed by atoms with Crippen molar-refractivity contribution in [2.75, 3.05) is 6.61 Å². The second kappa shape index (κ2) is 6.27. The molecule has 0 N–H and O–H groups in total. The summed E-state index contributed by atoms with van der Waals surface area (Å²) in [4.78, 5) is 22.0. The van der Waals surface area contributed by atoms with Gasteiger partial charge < -0.3 is 9.47 Å². The summed E-state index contributed by atoms with van der Waals surface area (Å²) in [6.07, 6.45) is 1.87. The van der Waals surface area contributed by atoms with Crippen molar-refractivity contribution in [1.29, 1.82) is 0 Å². The van der Waals surface area contributed by atoms with Crippen LogP contribution in [0.25, 0.3) is 0 Å². The van der Waals surface area contributed by atoms with E-state index in [1.807, 2.05) is 0 Å². The Hall–Kier alpha value is -0.530. The van der Waals surface area contributed by atoms with Crippen molar-refractivity contribution in [2.45, 2.75) is 6.42 Å². The van der Waals surface area contributed by atoms with Crippen LogP contribution in [0.4, 0.5) is 0 Å². The van der Waals surface area contributed by atoms with Crippen LogP contribution < -0.4 is 0 Å². The van der Waals surface area contributed by atoms with Crippen LogP contribution in [-0.4, -0.2) is 23.9 Å². The highest BCUT2D eigenvalue weighted by Crippen LogP contribution is 2.28. The Labute approximate surface area is 114 Å². The fraction of sp³-hybridized carbons (Fsp3) is 0.222. The molecule has 0 aliphatic carbocycles. The molecule has 0 aromatic carbocycles. The zero-order valence-corrected chi connectivity index (χ0v) is 11.9. The molecule has 4 nitrogen and oxygen atoms in total. The van der Waals surface area contributed by atoms with Crippen LogP contribution in [0.3, 0.4) is 0 Å². The third-order valence-electron chi connectivity index (χ3n) is 1.67. The van der Waals surface area contributed by atoms with Gasteiger partial charge in [0.2, 0.25) is 0 Å². The summed E-state index contributed by atoms with van der Waals surface area (Å²) in [7, 11) is 0. The van der Waals surface area contributed by atoms with Gasteiger partial charge in [0.1, 0.15) is 3.39 Å². The van der Waals surface area contributed by atoms with E-state index in [2.05, 4.69) is 44.1 Å². The van der Waals surface area contributed by atoms with Crippen molar-refractivity contribution in [1.82, 2.24) is 0 Å². The predicted molar refractivity (Wildman–Crippen MR) is 68.3 cm³/mol. The van der Waals surface area contributed by atoms with Crippen LogP contribution in [0.15, 0.2) is 20.8 Å². The van der Waals surface area contributed by atoms with E-state index in [-0.39, 0.29) is 6.61 Å². The number of allylic oxidation sites excluding steroid dienone is 1. The van der Waals surface area contributed by atoms with Crippen molar-refractivity contribution in [3.05, 3.63) is 20.8 Å². The van der Waals surface area contributed by atoms with Gasteiger partial charge in [-0.15, -0.1) is 0 Å². The molecule has 0 fully saturated rings. The quantitative estimate of drug-likeness (QED) is 0.562. The molecule has 0 bridgehead atoms. The molecule has 0 aromatic rings. The summed E-state index contributed by atoms with van der Waals surface area (Å²) in [6.45, 7) is 0.0973. The number of thiocarbonyl (C=S) groups is 1.